The Hall–Kier alpha value is -0.620. The molecule has 12 heavy (non-hydrogen) atoms. The average Bonchev–Trinajstić information content (AvgIpc) is 2.51. The van der Waals surface area contributed by atoms with E-state index in [0.29, 0.717) is 10.8 Å². The van der Waals surface area contributed by atoms with Gasteiger partial charge in [0.15, 0.2) is 17.2 Å². The molecule has 0 aliphatic rings. The van der Waals surface area contributed by atoms with Crippen molar-refractivity contribution in [1.82, 2.24) is 9.71 Å². The second-order valence-corrected chi connectivity index (χ2v) is 3.22. The van der Waals surface area contributed by atoms with E-state index in [-0.39, 0.29) is 5.91 Å². The van der Waals surface area contributed by atoms with Crippen molar-refractivity contribution < 1.29 is 9.21 Å². The summed E-state index contributed by atoms with van der Waals surface area (Å²) >= 11 is 2.59. The molecule has 0 aliphatic carbocycles. The van der Waals surface area contributed by atoms with Gasteiger partial charge in [0.05, 0.1) is 0 Å². The number of rotatable bonds is 3. The van der Waals surface area contributed by atoms with Crippen molar-refractivity contribution in [3.63, 3.8) is 0 Å². The molecule has 1 N–H and O–H groups in total. The number of aromatic nitrogens is 1. The standard InChI is InChI=1S/C6H8N2O2S2/c1-11-6-4(7-3-10-6)5(9)8-12-2/h3H,1-2H3,(H,8,9). The Labute approximate surface area is 78.6 Å². The predicted molar refractivity (Wildman–Crippen MR) is 49.3 cm³/mol. The topological polar surface area (TPSA) is 55.1 Å². The monoisotopic (exact) mass is 204 g/mol. The molecule has 1 rings (SSSR count). The van der Waals surface area contributed by atoms with Gasteiger partial charge in [-0.3, -0.25) is 9.52 Å². The molecular weight excluding hydrogens is 196 g/mol. The van der Waals surface area contributed by atoms with E-state index in [2.05, 4.69) is 9.71 Å². The molecule has 1 aromatic heterocycles. The molecule has 1 aromatic rings. The van der Waals surface area contributed by atoms with Crippen LogP contribution in [0.3, 0.4) is 0 Å². The Morgan fingerprint density at radius 1 is 1.67 bits per heavy atom. The molecule has 0 aromatic carbocycles. The zero-order chi connectivity index (χ0) is 8.97. The van der Waals surface area contributed by atoms with Crippen LogP contribution >= 0.6 is 23.7 Å². The van der Waals surface area contributed by atoms with Crippen LogP contribution in [0.2, 0.25) is 0 Å². The van der Waals surface area contributed by atoms with Gasteiger partial charge in [-0.2, -0.15) is 0 Å². The number of hydrogen-bond acceptors (Lipinski definition) is 5. The first-order valence-electron chi connectivity index (χ1n) is 3.10. The molecule has 0 saturated carbocycles. The van der Waals surface area contributed by atoms with E-state index in [1.807, 2.05) is 6.26 Å². The first-order chi connectivity index (χ1) is 5.79. The summed E-state index contributed by atoms with van der Waals surface area (Å²) in [5, 5.41) is 0.543. The Bertz CT molecular complexity index is 274. The number of carbonyl (C=O) groups excluding carboxylic acids is 1. The highest BCUT2D eigenvalue weighted by atomic mass is 32.2. The Morgan fingerprint density at radius 3 is 3.00 bits per heavy atom. The van der Waals surface area contributed by atoms with Crippen LogP contribution < -0.4 is 4.72 Å². The molecule has 0 radical (unpaired) electrons. The summed E-state index contributed by atoms with van der Waals surface area (Å²) in [6.07, 6.45) is 4.87. The quantitative estimate of drug-likeness (QED) is 0.596. The van der Waals surface area contributed by atoms with Crippen molar-refractivity contribution in [3.05, 3.63) is 12.1 Å². The van der Waals surface area contributed by atoms with Crippen LogP contribution in [0.5, 0.6) is 0 Å². The molecule has 0 unspecified atom stereocenters. The molecular formula is C6H8N2O2S2. The molecule has 0 saturated heterocycles. The summed E-state index contributed by atoms with van der Waals surface area (Å²) < 4.78 is 7.53. The van der Waals surface area contributed by atoms with Crippen LogP contribution in [-0.4, -0.2) is 23.4 Å². The first-order valence-corrected chi connectivity index (χ1v) is 5.55. The Morgan fingerprint density at radius 2 is 2.42 bits per heavy atom. The number of carbonyl (C=O) groups is 1. The zero-order valence-electron chi connectivity index (χ0n) is 6.66. The normalized spacial score (nSPS) is 9.83. The van der Waals surface area contributed by atoms with E-state index in [4.69, 9.17) is 4.42 Å². The van der Waals surface area contributed by atoms with Gasteiger partial charge in [0.2, 0.25) is 0 Å². The summed E-state index contributed by atoms with van der Waals surface area (Å²) in [5.74, 6) is -0.222. The lowest BCUT2D eigenvalue weighted by atomic mass is 10.5. The van der Waals surface area contributed by atoms with Gasteiger partial charge in [-0.05, 0) is 6.26 Å². The second-order valence-electron chi connectivity index (χ2n) is 1.83. The average molecular weight is 204 g/mol. The number of nitrogens with zero attached hydrogens (tertiary/aromatic N) is 1. The molecule has 1 heterocycles. The number of hydrogen-bond donors (Lipinski definition) is 1. The summed E-state index contributed by atoms with van der Waals surface area (Å²) in [7, 11) is 0. The lowest BCUT2D eigenvalue weighted by Crippen LogP contribution is -2.16. The van der Waals surface area contributed by atoms with Gasteiger partial charge in [-0.25, -0.2) is 4.98 Å². The molecule has 0 fully saturated rings. The van der Waals surface area contributed by atoms with Crippen molar-refractivity contribution in [2.75, 3.05) is 12.5 Å². The van der Waals surface area contributed by atoms with Crippen molar-refractivity contribution in [3.8, 4) is 0 Å². The summed E-state index contributed by atoms with van der Waals surface area (Å²) in [4.78, 5) is 15.0. The third-order valence-corrected chi connectivity index (χ3v) is 2.18. The van der Waals surface area contributed by atoms with Crippen LogP contribution in [0.4, 0.5) is 0 Å². The number of nitrogens with one attached hydrogen (secondary N) is 1. The van der Waals surface area contributed by atoms with E-state index in [1.54, 1.807) is 6.26 Å². The van der Waals surface area contributed by atoms with Crippen LogP contribution in [0.1, 0.15) is 10.5 Å². The minimum atomic E-state index is -0.222. The molecule has 0 bridgehead atoms. The molecule has 66 valence electrons. The second kappa shape index (κ2) is 4.42. The van der Waals surface area contributed by atoms with Crippen LogP contribution in [0, 0.1) is 0 Å². The molecule has 4 nitrogen and oxygen atoms in total. The summed E-state index contributed by atoms with van der Waals surface area (Å²) in [6, 6.07) is 0. The largest absolute Gasteiger partial charge is 0.436 e. The highest BCUT2D eigenvalue weighted by molar-refractivity contribution is 7.98. The molecule has 6 heteroatoms. The molecule has 0 spiro atoms. The third kappa shape index (κ3) is 1.95. The lowest BCUT2D eigenvalue weighted by molar-refractivity contribution is 0.0975. The number of thioether (sulfide) groups is 1. The maximum atomic E-state index is 11.2. The highest BCUT2D eigenvalue weighted by Gasteiger charge is 2.14. The third-order valence-electron chi connectivity index (χ3n) is 1.13. The molecule has 0 aliphatic heterocycles. The van der Waals surface area contributed by atoms with Crippen molar-refractivity contribution in [2.45, 2.75) is 5.09 Å². The SMILES string of the molecule is CSNC(=O)c1ncoc1SC. The molecule has 0 atom stereocenters. The van der Waals surface area contributed by atoms with Crippen molar-refractivity contribution in [1.29, 1.82) is 0 Å². The smallest absolute Gasteiger partial charge is 0.284 e. The molecule has 1 amide bonds. The number of amides is 1. The van der Waals surface area contributed by atoms with Gasteiger partial charge in [0.25, 0.3) is 5.91 Å². The Balaban J connectivity index is 2.79. The van der Waals surface area contributed by atoms with Crippen LogP contribution in [-0.2, 0) is 0 Å². The maximum Gasteiger partial charge on any atom is 0.284 e. The van der Waals surface area contributed by atoms with Crippen molar-refractivity contribution in [2.24, 2.45) is 0 Å². The van der Waals surface area contributed by atoms with E-state index < -0.39 is 0 Å². The first kappa shape index (κ1) is 9.47. The van der Waals surface area contributed by atoms with Gasteiger partial charge in [-0.1, -0.05) is 23.7 Å². The van der Waals surface area contributed by atoms with Gasteiger partial charge in [0, 0.05) is 6.26 Å². The fourth-order valence-corrected chi connectivity index (χ4v) is 1.43. The fraction of sp³-hybridized carbons (Fsp3) is 0.333. The van der Waals surface area contributed by atoms with Crippen molar-refractivity contribution >= 4 is 29.6 Å². The Kier molecular flexibility index (Phi) is 3.48. The van der Waals surface area contributed by atoms with E-state index in [0.717, 1.165) is 0 Å². The van der Waals surface area contributed by atoms with Gasteiger partial charge < -0.3 is 4.42 Å². The summed E-state index contributed by atoms with van der Waals surface area (Å²) in [5.41, 5.74) is 0.344. The van der Waals surface area contributed by atoms with E-state index in [1.165, 1.54) is 30.1 Å². The minimum Gasteiger partial charge on any atom is -0.436 e. The van der Waals surface area contributed by atoms with E-state index in [9.17, 15) is 4.79 Å². The van der Waals surface area contributed by atoms with Crippen LogP contribution in [0.25, 0.3) is 0 Å². The maximum absolute atomic E-state index is 11.2. The number of oxazole rings is 1. The minimum absolute atomic E-state index is 0.222. The zero-order valence-corrected chi connectivity index (χ0v) is 8.29. The van der Waals surface area contributed by atoms with Crippen LogP contribution in [0.15, 0.2) is 15.9 Å². The fourth-order valence-electron chi connectivity index (χ4n) is 0.673. The predicted octanol–water partition coefficient (Wildman–Crippen LogP) is 1.40. The van der Waals surface area contributed by atoms with Gasteiger partial charge in [0.1, 0.15) is 0 Å². The van der Waals surface area contributed by atoms with Gasteiger partial charge in [-0.15, -0.1) is 0 Å². The highest BCUT2D eigenvalue weighted by Crippen LogP contribution is 2.18. The van der Waals surface area contributed by atoms with Gasteiger partial charge >= 0.3 is 0 Å². The summed E-state index contributed by atoms with van der Waals surface area (Å²) in [6.45, 7) is 0. The van der Waals surface area contributed by atoms with E-state index >= 15 is 0 Å². The lowest BCUT2D eigenvalue weighted by Gasteiger charge is -1.97.